The van der Waals surface area contributed by atoms with E-state index in [0.717, 1.165) is 65.9 Å². The second-order valence-electron chi connectivity index (χ2n) is 12.4. The van der Waals surface area contributed by atoms with Crippen LogP contribution < -0.4 is 0 Å². The van der Waals surface area contributed by atoms with E-state index < -0.39 is 0 Å². The third-order valence-corrected chi connectivity index (χ3v) is 9.50. The lowest BCUT2D eigenvalue weighted by atomic mass is 9.98. The Labute approximate surface area is 282 Å². The molecule has 0 saturated carbocycles. The lowest BCUT2D eigenvalue weighted by Crippen LogP contribution is -2.00. The van der Waals surface area contributed by atoms with Gasteiger partial charge in [0.25, 0.3) is 0 Å². The summed E-state index contributed by atoms with van der Waals surface area (Å²) in [5, 5.41) is 8.94. The van der Waals surface area contributed by atoms with E-state index in [1.807, 2.05) is 36.4 Å². The zero-order valence-corrected chi connectivity index (χ0v) is 26.3. The van der Waals surface area contributed by atoms with Gasteiger partial charge in [-0.1, -0.05) is 140 Å². The Morgan fingerprint density at radius 2 is 0.939 bits per heavy atom. The van der Waals surface area contributed by atoms with Gasteiger partial charge in [-0.05, 0) is 62.3 Å². The number of furan rings is 1. The lowest BCUT2D eigenvalue weighted by Gasteiger charge is -2.12. The fraction of sp³-hybridized carbons (Fsp3) is 0. The van der Waals surface area contributed by atoms with Crippen molar-refractivity contribution >= 4 is 54.3 Å². The van der Waals surface area contributed by atoms with E-state index in [4.69, 9.17) is 19.4 Å². The molecule has 0 bridgehead atoms. The first-order valence-corrected chi connectivity index (χ1v) is 16.4. The summed E-state index contributed by atoms with van der Waals surface area (Å²) in [4.78, 5) is 15.4. The van der Waals surface area contributed by atoms with Gasteiger partial charge in [-0.15, -0.1) is 0 Å². The molecule has 0 unspecified atom stereocenters. The van der Waals surface area contributed by atoms with Crippen LogP contribution in [0.15, 0.2) is 168 Å². The van der Waals surface area contributed by atoms with E-state index in [0.29, 0.717) is 17.5 Å². The third kappa shape index (κ3) is 4.57. The molecule has 4 heteroatoms. The topological polar surface area (TPSA) is 51.8 Å². The zero-order chi connectivity index (χ0) is 32.3. The summed E-state index contributed by atoms with van der Waals surface area (Å²) in [7, 11) is 0. The molecule has 0 aliphatic rings. The van der Waals surface area contributed by atoms with Gasteiger partial charge >= 0.3 is 0 Å². The number of nitrogens with zero attached hydrogens (tertiary/aromatic N) is 3. The lowest BCUT2D eigenvalue weighted by molar-refractivity contribution is 0.673. The summed E-state index contributed by atoms with van der Waals surface area (Å²) in [6.45, 7) is 0. The first-order valence-electron chi connectivity index (χ1n) is 16.4. The molecule has 0 amide bonds. The van der Waals surface area contributed by atoms with Crippen molar-refractivity contribution in [3.8, 4) is 45.3 Å². The Morgan fingerprint density at radius 1 is 0.327 bits per heavy atom. The average Bonchev–Trinajstić information content (AvgIpc) is 3.56. The fourth-order valence-corrected chi connectivity index (χ4v) is 7.09. The molecule has 2 aromatic heterocycles. The molecule has 49 heavy (non-hydrogen) atoms. The number of fused-ring (bicyclic) bond motifs is 8. The van der Waals surface area contributed by atoms with Gasteiger partial charge in [0.1, 0.15) is 11.2 Å². The largest absolute Gasteiger partial charge is 0.455 e. The summed E-state index contributed by atoms with van der Waals surface area (Å²) in [6, 6.07) is 56.9. The Morgan fingerprint density at radius 3 is 1.76 bits per heavy atom. The molecule has 228 valence electrons. The van der Waals surface area contributed by atoms with E-state index in [1.165, 1.54) is 16.2 Å². The summed E-state index contributed by atoms with van der Waals surface area (Å²) >= 11 is 0. The smallest absolute Gasteiger partial charge is 0.164 e. The van der Waals surface area contributed by atoms with Crippen molar-refractivity contribution in [1.82, 2.24) is 15.0 Å². The van der Waals surface area contributed by atoms with Crippen LogP contribution in [0.3, 0.4) is 0 Å². The molecule has 0 N–H and O–H groups in total. The maximum atomic E-state index is 6.55. The van der Waals surface area contributed by atoms with E-state index in [9.17, 15) is 0 Å². The SMILES string of the molecule is c1ccc(-c2ccc3oc4c5ccccc5c(-c5nc(-c6ccccc6)nc(-c6ccc7c(ccc8ccccc87)c6)n5)cc4c3c2)cc1. The van der Waals surface area contributed by atoms with Crippen molar-refractivity contribution in [3.05, 3.63) is 164 Å². The normalized spacial score (nSPS) is 11.7. The number of hydrogen-bond acceptors (Lipinski definition) is 4. The molecule has 0 radical (unpaired) electrons. The minimum atomic E-state index is 0.620. The predicted molar refractivity (Wildman–Crippen MR) is 201 cm³/mol. The minimum absolute atomic E-state index is 0.620. The predicted octanol–water partition coefficient (Wildman–Crippen LogP) is 11.9. The van der Waals surface area contributed by atoms with Crippen molar-refractivity contribution in [2.45, 2.75) is 0 Å². The van der Waals surface area contributed by atoms with Crippen LogP contribution in [0.1, 0.15) is 0 Å². The highest BCUT2D eigenvalue weighted by molar-refractivity contribution is 6.19. The van der Waals surface area contributed by atoms with Crippen LogP contribution in [-0.4, -0.2) is 15.0 Å². The summed E-state index contributed by atoms with van der Waals surface area (Å²) in [5.41, 5.74) is 6.83. The standard InChI is InChI=1S/C45H27N3O/c1-3-11-28(12-4-1)31-22-24-41-38(26-31)39-27-40(36-17-9-10-18-37(36)42(39)49-41)45-47-43(30-14-5-2-6-15-30)46-44(48-45)33-21-23-35-32(25-33)20-19-29-13-7-8-16-34(29)35/h1-27H. The highest BCUT2D eigenvalue weighted by atomic mass is 16.3. The Balaban J connectivity index is 1.22. The van der Waals surface area contributed by atoms with Crippen molar-refractivity contribution in [3.63, 3.8) is 0 Å². The quantitative estimate of drug-likeness (QED) is 0.183. The summed E-state index contributed by atoms with van der Waals surface area (Å²) in [5.74, 6) is 1.88. The van der Waals surface area contributed by atoms with Gasteiger partial charge in [0, 0.05) is 32.8 Å². The second kappa shape index (κ2) is 11.0. The molecule has 10 aromatic rings. The number of benzene rings is 8. The third-order valence-electron chi connectivity index (χ3n) is 9.50. The average molecular weight is 626 g/mol. The van der Waals surface area contributed by atoms with Gasteiger partial charge in [0.05, 0.1) is 0 Å². The van der Waals surface area contributed by atoms with Crippen molar-refractivity contribution < 1.29 is 4.42 Å². The summed E-state index contributed by atoms with van der Waals surface area (Å²) < 4.78 is 6.55. The minimum Gasteiger partial charge on any atom is -0.455 e. The molecule has 8 aromatic carbocycles. The second-order valence-corrected chi connectivity index (χ2v) is 12.4. The van der Waals surface area contributed by atoms with E-state index in [2.05, 4.69) is 127 Å². The Bertz CT molecular complexity index is 2880. The molecular weight excluding hydrogens is 599 g/mol. The van der Waals surface area contributed by atoms with Gasteiger partial charge < -0.3 is 4.42 Å². The van der Waals surface area contributed by atoms with Crippen molar-refractivity contribution in [2.24, 2.45) is 0 Å². The monoisotopic (exact) mass is 625 g/mol. The van der Waals surface area contributed by atoms with Crippen LogP contribution in [0.4, 0.5) is 0 Å². The molecule has 0 aliphatic heterocycles. The molecule has 0 fully saturated rings. The zero-order valence-electron chi connectivity index (χ0n) is 26.3. The highest BCUT2D eigenvalue weighted by Crippen LogP contribution is 2.41. The van der Waals surface area contributed by atoms with Crippen LogP contribution >= 0.6 is 0 Å². The van der Waals surface area contributed by atoms with Crippen LogP contribution in [0.5, 0.6) is 0 Å². The Hall–Kier alpha value is -6.65. The van der Waals surface area contributed by atoms with Crippen LogP contribution in [0.2, 0.25) is 0 Å². The molecule has 2 heterocycles. The molecule has 0 saturated heterocycles. The molecular formula is C45H27N3O. The van der Waals surface area contributed by atoms with Crippen molar-refractivity contribution in [1.29, 1.82) is 0 Å². The molecule has 0 spiro atoms. The fourth-order valence-electron chi connectivity index (χ4n) is 7.09. The van der Waals surface area contributed by atoms with E-state index >= 15 is 0 Å². The van der Waals surface area contributed by atoms with Crippen LogP contribution in [0, 0.1) is 0 Å². The maximum Gasteiger partial charge on any atom is 0.164 e. The van der Waals surface area contributed by atoms with Crippen molar-refractivity contribution in [2.75, 3.05) is 0 Å². The van der Waals surface area contributed by atoms with Gasteiger partial charge in [0.2, 0.25) is 0 Å². The molecule has 4 nitrogen and oxygen atoms in total. The van der Waals surface area contributed by atoms with Gasteiger partial charge in [-0.2, -0.15) is 0 Å². The maximum absolute atomic E-state index is 6.55. The van der Waals surface area contributed by atoms with Gasteiger partial charge in [-0.3, -0.25) is 0 Å². The molecule has 0 atom stereocenters. The first-order chi connectivity index (χ1) is 24.3. The highest BCUT2D eigenvalue weighted by Gasteiger charge is 2.19. The number of rotatable bonds is 4. The first kappa shape index (κ1) is 27.5. The van der Waals surface area contributed by atoms with E-state index in [-0.39, 0.29) is 0 Å². The number of hydrogen-bond donors (Lipinski definition) is 0. The van der Waals surface area contributed by atoms with Crippen LogP contribution in [0.25, 0.3) is 99.5 Å². The number of aromatic nitrogens is 3. The van der Waals surface area contributed by atoms with Crippen LogP contribution in [-0.2, 0) is 0 Å². The summed E-state index contributed by atoms with van der Waals surface area (Å²) in [6.07, 6.45) is 0. The van der Waals surface area contributed by atoms with E-state index in [1.54, 1.807) is 0 Å². The van der Waals surface area contributed by atoms with Gasteiger partial charge in [-0.25, -0.2) is 15.0 Å². The molecule has 0 aliphatic carbocycles. The molecule has 10 rings (SSSR count). The van der Waals surface area contributed by atoms with Gasteiger partial charge in [0.15, 0.2) is 17.5 Å². The Kier molecular flexibility index (Phi) is 6.15.